The number of methoxy groups -OCH3 is 2. The summed E-state index contributed by atoms with van der Waals surface area (Å²) < 4.78 is 10.3. The number of anilines is 1. The number of carbonyl (C=O) groups excluding carboxylic acids is 1. The fraction of sp³-hybridized carbons (Fsp3) is 0.214. The van der Waals surface area contributed by atoms with E-state index >= 15 is 0 Å². The summed E-state index contributed by atoms with van der Waals surface area (Å²) in [4.78, 5) is 12.2. The van der Waals surface area contributed by atoms with Gasteiger partial charge in [-0.25, -0.2) is 0 Å². The molecule has 0 aliphatic rings. The summed E-state index contributed by atoms with van der Waals surface area (Å²) in [5.74, 6) is 0.688. The zero-order valence-corrected chi connectivity index (χ0v) is 12.1. The molecule has 0 radical (unpaired) electrons. The maximum absolute atomic E-state index is 12.2. The third-order valence-corrected chi connectivity index (χ3v) is 3.58. The van der Waals surface area contributed by atoms with Gasteiger partial charge in [-0.15, -0.1) is 0 Å². The third-order valence-electron chi connectivity index (χ3n) is 2.85. The Bertz CT molecular complexity index is 597. The number of amides is 1. The van der Waals surface area contributed by atoms with Crippen LogP contribution in [0.5, 0.6) is 11.5 Å². The fourth-order valence-electron chi connectivity index (χ4n) is 1.75. The highest BCUT2D eigenvalue weighted by Gasteiger charge is 2.15. The molecule has 0 bridgehead atoms. The van der Waals surface area contributed by atoms with Gasteiger partial charge in [0.2, 0.25) is 0 Å². The summed E-state index contributed by atoms with van der Waals surface area (Å²) in [6.45, 7) is 0.460. The van der Waals surface area contributed by atoms with Gasteiger partial charge in [-0.3, -0.25) is 4.79 Å². The molecule has 2 aromatic rings. The van der Waals surface area contributed by atoms with Crippen LogP contribution in [0.1, 0.15) is 15.9 Å². The lowest BCUT2D eigenvalue weighted by atomic mass is 10.1. The van der Waals surface area contributed by atoms with Gasteiger partial charge in [-0.1, -0.05) is 0 Å². The number of rotatable bonds is 5. The molecule has 3 N–H and O–H groups in total. The van der Waals surface area contributed by atoms with Crippen LogP contribution < -0.4 is 20.5 Å². The summed E-state index contributed by atoms with van der Waals surface area (Å²) in [5, 5.41) is 6.77. The molecule has 0 saturated heterocycles. The molecule has 1 aromatic carbocycles. The molecule has 0 aliphatic heterocycles. The largest absolute Gasteiger partial charge is 0.497 e. The molecule has 20 heavy (non-hydrogen) atoms. The van der Waals surface area contributed by atoms with Crippen molar-refractivity contribution in [2.24, 2.45) is 0 Å². The lowest BCUT2D eigenvalue weighted by Gasteiger charge is -2.12. The van der Waals surface area contributed by atoms with Gasteiger partial charge in [-0.05, 0) is 28.5 Å². The highest BCUT2D eigenvalue weighted by atomic mass is 32.1. The van der Waals surface area contributed by atoms with Crippen molar-refractivity contribution in [3.05, 3.63) is 40.1 Å². The van der Waals surface area contributed by atoms with E-state index in [9.17, 15) is 4.79 Å². The van der Waals surface area contributed by atoms with Gasteiger partial charge in [0.1, 0.15) is 11.5 Å². The molecule has 1 aromatic heterocycles. The maximum atomic E-state index is 12.2. The molecule has 0 aliphatic carbocycles. The van der Waals surface area contributed by atoms with Crippen LogP contribution in [0.25, 0.3) is 0 Å². The van der Waals surface area contributed by atoms with Crippen molar-refractivity contribution in [2.45, 2.75) is 6.54 Å². The van der Waals surface area contributed by atoms with Gasteiger partial charge in [0, 0.05) is 12.6 Å². The second-order valence-corrected chi connectivity index (χ2v) is 4.89. The first-order valence-corrected chi connectivity index (χ1v) is 6.90. The number of ether oxygens (including phenoxy) is 2. The second kappa shape index (κ2) is 6.29. The Hall–Kier alpha value is -2.21. The van der Waals surface area contributed by atoms with E-state index in [-0.39, 0.29) is 5.91 Å². The van der Waals surface area contributed by atoms with Crippen molar-refractivity contribution in [3.8, 4) is 11.5 Å². The van der Waals surface area contributed by atoms with Gasteiger partial charge in [0.15, 0.2) is 0 Å². The Morgan fingerprint density at radius 3 is 2.75 bits per heavy atom. The first kappa shape index (κ1) is 14.2. The first-order valence-electron chi connectivity index (χ1n) is 5.96. The SMILES string of the molecule is COc1cc(OC)c(N)c(C(=O)NCc2ccsc2)c1. The highest BCUT2D eigenvalue weighted by molar-refractivity contribution is 7.07. The number of thiophene rings is 1. The van der Waals surface area contributed by atoms with Gasteiger partial charge in [0.05, 0.1) is 25.5 Å². The van der Waals surface area contributed by atoms with Crippen LogP contribution in [0, 0.1) is 0 Å². The van der Waals surface area contributed by atoms with E-state index < -0.39 is 0 Å². The van der Waals surface area contributed by atoms with Crippen molar-refractivity contribution in [1.82, 2.24) is 5.32 Å². The summed E-state index contributed by atoms with van der Waals surface area (Å²) in [6, 6.07) is 5.20. The molecular formula is C14H16N2O3S. The summed E-state index contributed by atoms with van der Waals surface area (Å²) in [6.07, 6.45) is 0. The lowest BCUT2D eigenvalue weighted by Crippen LogP contribution is -2.23. The fourth-order valence-corrected chi connectivity index (χ4v) is 2.42. The quantitative estimate of drug-likeness (QED) is 0.829. The van der Waals surface area contributed by atoms with E-state index in [0.29, 0.717) is 29.3 Å². The molecule has 106 valence electrons. The summed E-state index contributed by atoms with van der Waals surface area (Å²) >= 11 is 1.59. The van der Waals surface area contributed by atoms with Crippen LogP contribution in [-0.2, 0) is 6.54 Å². The van der Waals surface area contributed by atoms with Gasteiger partial charge >= 0.3 is 0 Å². The van der Waals surface area contributed by atoms with Crippen molar-refractivity contribution in [3.63, 3.8) is 0 Å². The molecule has 0 atom stereocenters. The van der Waals surface area contributed by atoms with Crippen LogP contribution >= 0.6 is 11.3 Å². The third kappa shape index (κ3) is 3.03. The number of nitrogens with one attached hydrogen (secondary N) is 1. The van der Waals surface area contributed by atoms with E-state index in [0.717, 1.165) is 5.56 Å². The zero-order chi connectivity index (χ0) is 14.5. The molecule has 1 heterocycles. The number of carbonyl (C=O) groups is 1. The Morgan fingerprint density at radius 2 is 2.15 bits per heavy atom. The Morgan fingerprint density at radius 1 is 1.35 bits per heavy atom. The van der Waals surface area contributed by atoms with Crippen molar-refractivity contribution in [1.29, 1.82) is 0 Å². The molecule has 0 saturated carbocycles. The zero-order valence-electron chi connectivity index (χ0n) is 11.3. The second-order valence-electron chi connectivity index (χ2n) is 4.11. The van der Waals surface area contributed by atoms with Crippen molar-refractivity contribution in [2.75, 3.05) is 20.0 Å². The average Bonchev–Trinajstić information content (AvgIpc) is 2.98. The number of hydrogen-bond acceptors (Lipinski definition) is 5. The molecule has 5 nitrogen and oxygen atoms in total. The van der Waals surface area contributed by atoms with Crippen LogP contribution in [0.2, 0.25) is 0 Å². The van der Waals surface area contributed by atoms with Crippen LogP contribution in [0.3, 0.4) is 0 Å². The van der Waals surface area contributed by atoms with Gasteiger partial charge < -0.3 is 20.5 Å². The Kier molecular flexibility index (Phi) is 4.47. The van der Waals surface area contributed by atoms with E-state index in [1.165, 1.54) is 14.2 Å². The Labute approximate surface area is 121 Å². The lowest BCUT2D eigenvalue weighted by molar-refractivity contribution is 0.0951. The van der Waals surface area contributed by atoms with Gasteiger partial charge in [0.25, 0.3) is 5.91 Å². The average molecular weight is 292 g/mol. The molecule has 6 heteroatoms. The summed E-state index contributed by atoms with van der Waals surface area (Å²) in [7, 11) is 3.02. The maximum Gasteiger partial charge on any atom is 0.253 e. The normalized spacial score (nSPS) is 10.1. The number of nitrogens with two attached hydrogens (primary N) is 1. The van der Waals surface area contributed by atoms with E-state index in [4.69, 9.17) is 15.2 Å². The topological polar surface area (TPSA) is 73.6 Å². The first-order chi connectivity index (χ1) is 9.65. The van der Waals surface area contributed by atoms with Crippen LogP contribution in [-0.4, -0.2) is 20.1 Å². The predicted molar refractivity (Wildman–Crippen MR) is 79.4 cm³/mol. The molecule has 0 fully saturated rings. The van der Waals surface area contributed by atoms with E-state index in [2.05, 4.69) is 5.32 Å². The molecule has 1 amide bonds. The number of nitrogen functional groups attached to an aromatic ring is 1. The molecule has 2 rings (SSSR count). The Balaban J connectivity index is 2.20. The predicted octanol–water partition coefficient (Wildman–Crippen LogP) is 2.28. The minimum absolute atomic E-state index is 0.258. The van der Waals surface area contributed by atoms with Crippen molar-refractivity contribution >= 4 is 22.9 Å². The minimum Gasteiger partial charge on any atom is -0.497 e. The monoisotopic (exact) mass is 292 g/mol. The molecule has 0 spiro atoms. The molecule has 0 unspecified atom stereocenters. The van der Waals surface area contributed by atoms with E-state index in [1.54, 1.807) is 23.5 Å². The molecular weight excluding hydrogens is 276 g/mol. The van der Waals surface area contributed by atoms with E-state index in [1.807, 2.05) is 16.8 Å². The summed E-state index contributed by atoms with van der Waals surface area (Å²) in [5.41, 5.74) is 7.63. The van der Waals surface area contributed by atoms with Gasteiger partial charge in [-0.2, -0.15) is 11.3 Å². The number of hydrogen-bond donors (Lipinski definition) is 2. The van der Waals surface area contributed by atoms with Crippen LogP contribution in [0.15, 0.2) is 29.0 Å². The van der Waals surface area contributed by atoms with Crippen molar-refractivity contribution < 1.29 is 14.3 Å². The smallest absolute Gasteiger partial charge is 0.253 e. The van der Waals surface area contributed by atoms with Crippen LogP contribution in [0.4, 0.5) is 5.69 Å². The minimum atomic E-state index is -0.258. The number of benzene rings is 1. The standard InChI is InChI=1S/C14H16N2O3S/c1-18-10-5-11(13(15)12(6-10)19-2)14(17)16-7-9-3-4-20-8-9/h3-6,8H,7,15H2,1-2H3,(H,16,17). The highest BCUT2D eigenvalue weighted by Crippen LogP contribution is 2.30.